The summed E-state index contributed by atoms with van der Waals surface area (Å²) in [5.41, 5.74) is 7.46. The summed E-state index contributed by atoms with van der Waals surface area (Å²) in [6.07, 6.45) is 3.71. The van der Waals surface area contributed by atoms with Gasteiger partial charge < -0.3 is 0 Å². The molecular formula is C33H27N3O3S. The second-order valence-corrected chi connectivity index (χ2v) is 11.5. The number of rotatable bonds is 8. The molecule has 1 amide bonds. The van der Waals surface area contributed by atoms with Gasteiger partial charge >= 0.3 is 0 Å². The quantitative estimate of drug-likeness (QED) is 0.189. The number of hydrogen-bond acceptors (Lipinski definition) is 4. The van der Waals surface area contributed by atoms with Gasteiger partial charge in [-0.2, -0.15) is 5.10 Å². The number of benzene rings is 5. The molecule has 5 aromatic rings. The van der Waals surface area contributed by atoms with Gasteiger partial charge in [-0.3, -0.25) is 9.10 Å². The first-order valence-electron chi connectivity index (χ1n) is 13.1. The molecule has 0 saturated heterocycles. The smallest absolute Gasteiger partial charge is 0.267 e. The van der Waals surface area contributed by atoms with Crippen molar-refractivity contribution in [1.29, 1.82) is 0 Å². The van der Waals surface area contributed by atoms with Crippen LogP contribution in [0.2, 0.25) is 0 Å². The number of carbonyl (C=O) groups is 1. The highest BCUT2D eigenvalue weighted by atomic mass is 32.2. The Labute approximate surface area is 233 Å². The predicted octanol–water partition coefficient (Wildman–Crippen LogP) is 6.10. The summed E-state index contributed by atoms with van der Waals surface area (Å²) in [5.74, 6) is -0.501. The standard InChI is InChI=1S/C33H27N3O3S/c37-33(35-34-22-27-21-20-26-19-18-25-12-9-16-29(27)32(25)26)30-15-7-8-17-31(30)36(23-24-10-3-1-4-11-24)40(38,39)28-13-5-2-6-14-28/h1-17,20-22H,18-19,23H2,(H,35,37)/b34-22-. The Morgan fingerprint density at radius 2 is 1.45 bits per heavy atom. The molecule has 1 N–H and O–H groups in total. The topological polar surface area (TPSA) is 78.8 Å². The molecule has 5 aromatic carbocycles. The minimum atomic E-state index is -3.98. The molecule has 0 unspecified atom stereocenters. The van der Waals surface area contributed by atoms with Crippen molar-refractivity contribution >= 4 is 38.6 Å². The zero-order valence-corrected chi connectivity index (χ0v) is 22.5. The van der Waals surface area contributed by atoms with E-state index in [-0.39, 0.29) is 22.7 Å². The molecule has 0 saturated carbocycles. The van der Waals surface area contributed by atoms with Gasteiger partial charge in [-0.15, -0.1) is 0 Å². The average molecular weight is 546 g/mol. The van der Waals surface area contributed by atoms with Crippen molar-refractivity contribution in [3.8, 4) is 0 Å². The van der Waals surface area contributed by atoms with Crippen molar-refractivity contribution in [3.63, 3.8) is 0 Å². The highest BCUT2D eigenvalue weighted by molar-refractivity contribution is 7.92. The van der Waals surface area contributed by atoms with Crippen LogP contribution in [0.1, 0.15) is 32.6 Å². The molecule has 0 aromatic heterocycles. The van der Waals surface area contributed by atoms with Gasteiger partial charge in [0.25, 0.3) is 15.9 Å². The van der Waals surface area contributed by atoms with E-state index in [0.717, 1.165) is 29.4 Å². The van der Waals surface area contributed by atoms with Gasteiger partial charge in [-0.05, 0) is 64.6 Å². The molecule has 0 heterocycles. The SMILES string of the molecule is O=C(N/N=C\c1ccc2c3c(cccc13)CC2)c1ccccc1N(Cc1ccccc1)S(=O)(=O)c1ccccc1. The van der Waals surface area contributed by atoms with E-state index in [9.17, 15) is 13.2 Å². The summed E-state index contributed by atoms with van der Waals surface area (Å²) in [6.45, 7) is 0.0618. The monoisotopic (exact) mass is 545 g/mol. The van der Waals surface area contributed by atoms with E-state index in [0.29, 0.717) is 0 Å². The summed E-state index contributed by atoms with van der Waals surface area (Å²) >= 11 is 0. The molecule has 198 valence electrons. The molecule has 40 heavy (non-hydrogen) atoms. The zero-order chi connectivity index (χ0) is 27.5. The number of carbonyl (C=O) groups excluding carboxylic acids is 1. The van der Waals surface area contributed by atoms with Gasteiger partial charge in [-0.1, -0.05) is 91.0 Å². The third-order valence-corrected chi connectivity index (χ3v) is 8.97. The fourth-order valence-electron chi connectivity index (χ4n) is 5.25. The van der Waals surface area contributed by atoms with Crippen LogP contribution in [0.4, 0.5) is 5.69 Å². The van der Waals surface area contributed by atoms with Crippen molar-refractivity contribution in [3.05, 3.63) is 143 Å². The lowest BCUT2D eigenvalue weighted by Crippen LogP contribution is -2.33. The fourth-order valence-corrected chi connectivity index (χ4v) is 6.75. The van der Waals surface area contributed by atoms with E-state index in [1.807, 2.05) is 42.5 Å². The molecule has 0 atom stereocenters. The van der Waals surface area contributed by atoms with Gasteiger partial charge in [0.15, 0.2) is 0 Å². The van der Waals surface area contributed by atoms with Crippen molar-refractivity contribution in [1.82, 2.24) is 5.43 Å². The third kappa shape index (κ3) is 4.87. The molecule has 1 aliphatic rings. The first-order valence-corrected chi connectivity index (χ1v) is 14.5. The molecule has 7 heteroatoms. The molecule has 0 fully saturated rings. The maximum absolute atomic E-state index is 13.9. The van der Waals surface area contributed by atoms with Gasteiger partial charge in [0, 0.05) is 5.56 Å². The number of nitrogens with zero attached hydrogens (tertiary/aromatic N) is 2. The number of amides is 1. The number of para-hydroxylation sites is 1. The molecule has 6 nitrogen and oxygen atoms in total. The van der Waals surface area contributed by atoms with Crippen LogP contribution in [0.25, 0.3) is 10.8 Å². The second-order valence-electron chi connectivity index (χ2n) is 9.68. The molecule has 6 rings (SSSR count). The van der Waals surface area contributed by atoms with Crippen molar-refractivity contribution in [2.24, 2.45) is 5.10 Å². The van der Waals surface area contributed by atoms with Gasteiger partial charge in [0.2, 0.25) is 0 Å². The van der Waals surface area contributed by atoms with Crippen LogP contribution in [-0.2, 0) is 29.4 Å². The average Bonchev–Trinajstić information content (AvgIpc) is 3.42. The Bertz CT molecular complexity index is 1830. The third-order valence-electron chi connectivity index (χ3n) is 7.20. The molecule has 0 bridgehead atoms. The lowest BCUT2D eigenvalue weighted by atomic mass is 10.0. The van der Waals surface area contributed by atoms with Crippen LogP contribution in [0.5, 0.6) is 0 Å². The van der Waals surface area contributed by atoms with E-state index >= 15 is 0 Å². The van der Waals surface area contributed by atoms with Crippen LogP contribution < -0.4 is 9.73 Å². The minimum absolute atomic E-state index is 0.0618. The lowest BCUT2D eigenvalue weighted by molar-refractivity contribution is 0.0955. The van der Waals surface area contributed by atoms with E-state index in [2.05, 4.69) is 28.7 Å². The Morgan fingerprint density at radius 1 is 0.775 bits per heavy atom. The fraction of sp³-hybridized carbons (Fsp3) is 0.0909. The summed E-state index contributed by atoms with van der Waals surface area (Å²) in [4.78, 5) is 13.6. The van der Waals surface area contributed by atoms with Crippen LogP contribution in [0, 0.1) is 0 Å². The van der Waals surface area contributed by atoms with Gasteiger partial charge in [0.1, 0.15) is 0 Å². The summed E-state index contributed by atoms with van der Waals surface area (Å²) in [5, 5.41) is 6.63. The first kappa shape index (κ1) is 25.5. The van der Waals surface area contributed by atoms with Gasteiger partial charge in [-0.25, -0.2) is 13.8 Å². The highest BCUT2D eigenvalue weighted by Gasteiger charge is 2.28. The van der Waals surface area contributed by atoms with Crippen LogP contribution in [-0.4, -0.2) is 20.5 Å². The predicted molar refractivity (Wildman–Crippen MR) is 159 cm³/mol. The Hall–Kier alpha value is -4.75. The number of hydrazone groups is 1. The van der Waals surface area contributed by atoms with E-state index in [4.69, 9.17) is 0 Å². The Morgan fingerprint density at radius 3 is 2.23 bits per heavy atom. The molecule has 1 aliphatic carbocycles. The lowest BCUT2D eigenvalue weighted by Gasteiger charge is -2.26. The van der Waals surface area contributed by atoms with E-state index in [1.54, 1.807) is 60.8 Å². The maximum atomic E-state index is 13.9. The maximum Gasteiger partial charge on any atom is 0.273 e. The largest absolute Gasteiger partial charge is 0.273 e. The first-order chi connectivity index (χ1) is 19.5. The number of aryl methyl sites for hydroxylation is 2. The Balaban J connectivity index is 1.33. The number of hydrogen-bond donors (Lipinski definition) is 1. The highest BCUT2D eigenvalue weighted by Crippen LogP contribution is 2.32. The Kier molecular flexibility index (Phi) is 6.88. The molecule has 0 spiro atoms. The minimum Gasteiger partial charge on any atom is -0.267 e. The molecule has 0 radical (unpaired) electrons. The second kappa shape index (κ2) is 10.8. The molecular weight excluding hydrogens is 518 g/mol. The van der Waals surface area contributed by atoms with E-state index < -0.39 is 15.9 Å². The van der Waals surface area contributed by atoms with Crippen molar-refractivity contribution < 1.29 is 13.2 Å². The molecule has 0 aliphatic heterocycles. The van der Waals surface area contributed by atoms with Crippen LogP contribution >= 0.6 is 0 Å². The van der Waals surface area contributed by atoms with Crippen molar-refractivity contribution in [2.75, 3.05) is 4.31 Å². The zero-order valence-electron chi connectivity index (χ0n) is 21.7. The number of sulfonamides is 1. The van der Waals surface area contributed by atoms with E-state index in [1.165, 1.54) is 20.8 Å². The van der Waals surface area contributed by atoms with Gasteiger partial charge in [0.05, 0.1) is 28.9 Å². The summed E-state index contributed by atoms with van der Waals surface area (Å²) < 4.78 is 29.0. The van der Waals surface area contributed by atoms with Crippen LogP contribution in [0.3, 0.4) is 0 Å². The number of nitrogens with one attached hydrogen (secondary N) is 1. The van der Waals surface area contributed by atoms with Crippen LogP contribution in [0.15, 0.2) is 125 Å². The summed E-state index contributed by atoms with van der Waals surface area (Å²) in [6, 6.07) is 34.6. The normalized spacial score (nSPS) is 12.6. The van der Waals surface area contributed by atoms with Crippen molar-refractivity contribution in [2.45, 2.75) is 24.3 Å². The summed E-state index contributed by atoms with van der Waals surface area (Å²) in [7, 11) is -3.98. The number of anilines is 1.